The van der Waals surface area contributed by atoms with Crippen LogP contribution in [0.25, 0.3) is 0 Å². The molecule has 0 radical (unpaired) electrons. The summed E-state index contributed by atoms with van der Waals surface area (Å²) in [6.45, 7) is 9.70. The molecule has 0 saturated heterocycles. The van der Waals surface area contributed by atoms with Gasteiger partial charge >= 0.3 is 5.97 Å². The lowest BCUT2D eigenvalue weighted by Gasteiger charge is -2.30. The smallest absolute Gasteiger partial charge is 0.326 e. The number of carbonyl (C=O) groups excluding carboxylic acids is 1. The zero-order valence-electron chi connectivity index (χ0n) is 14.1. The molecule has 124 valence electrons. The molecule has 0 aromatic rings. The first-order chi connectivity index (χ1) is 10.1. The first-order valence-electron chi connectivity index (χ1n) is 8.29. The largest absolute Gasteiger partial charge is 0.465 e. The molecule has 5 heteroatoms. The van der Waals surface area contributed by atoms with E-state index in [-0.39, 0.29) is 5.97 Å². The lowest BCUT2D eigenvalue weighted by atomic mass is 9.97. The van der Waals surface area contributed by atoms with Gasteiger partial charge in [-0.15, -0.1) is 0 Å². The van der Waals surface area contributed by atoms with Crippen LogP contribution >= 0.6 is 0 Å². The fraction of sp³-hybridized carbons (Fsp3) is 0.938. The molecule has 0 amide bonds. The number of hydrogen-bond donors (Lipinski definition) is 1. The minimum Gasteiger partial charge on any atom is -0.465 e. The minimum atomic E-state index is -0.490. The van der Waals surface area contributed by atoms with Crippen LogP contribution in [0.15, 0.2) is 0 Å². The predicted molar refractivity (Wildman–Crippen MR) is 84.4 cm³/mol. The molecule has 21 heavy (non-hydrogen) atoms. The van der Waals surface area contributed by atoms with Crippen LogP contribution in [0.3, 0.4) is 0 Å². The highest BCUT2D eigenvalue weighted by atomic mass is 16.5. The van der Waals surface area contributed by atoms with Crippen LogP contribution < -0.4 is 5.32 Å². The van der Waals surface area contributed by atoms with Crippen LogP contribution in [0.2, 0.25) is 0 Å². The van der Waals surface area contributed by atoms with Crippen molar-refractivity contribution in [1.29, 1.82) is 0 Å². The molecule has 2 atom stereocenters. The third-order valence-corrected chi connectivity index (χ3v) is 4.28. The van der Waals surface area contributed by atoms with Crippen LogP contribution in [-0.2, 0) is 14.3 Å². The van der Waals surface area contributed by atoms with E-state index in [2.05, 4.69) is 24.2 Å². The average Bonchev–Trinajstić information content (AvgIpc) is 2.91. The highest BCUT2D eigenvalue weighted by Gasteiger charge is 2.46. The van der Waals surface area contributed by atoms with Crippen LogP contribution in [0, 0.1) is 0 Å². The van der Waals surface area contributed by atoms with Gasteiger partial charge in [0.25, 0.3) is 0 Å². The van der Waals surface area contributed by atoms with Gasteiger partial charge in [0.1, 0.15) is 5.54 Å². The molecule has 0 heterocycles. The number of likely N-dealkylation sites (N-methyl/N-ethyl adjacent to an activating group) is 1. The summed E-state index contributed by atoms with van der Waals surface area (Å²) in [7, 11) is 2.12. The van der Waals surface area contributed by atoms with Gasteiger partial charge in [-0.3, -0.25) is 4.79 Å². The number of carbonyl (C=O) groups is 1. The summed E-state index contributed by atoms with van der Waals surface area (Å²) >= 11 is 0. The van der Waals surface area contributed by atoms with Crippen LogP contribution in [-0.4, -0.2) is 62.4 Å². The maximum absolute atomic E-state index is 12.4. The molecule has 0 aromatic carbocycles. The van der Waals surface area contributed by atoms with Crippen molar-refractivity contribution in [2.75, 3.05) is 40.0 Å². The summed E-state index contributed by atoms with van der Waals surface area (Å²) in [4.78, 5) is 14.7. The number of ether oxygens (including phenoxy) is 2. The Labute approximate surface area is 129 Å². The molecule has 1 fully saturated rings. The second kappa shape index (κ2) is 9.38. The fourth-order valence-corrected chi connectivity index (χ4v) is 2.98. The summed E-state index contributed by atoms with van der Waals surface area (Å²) in [5.41, 5.74) is -0.490. The SMILES string of the molecule is CCCNC1(C(=O)OCC)CCC(N(C)CCOCC)C1. The Kier molecular flexibility index (Phi) is 8.22. The van der Waals surface area contributed by atoms with Crippen molar-refractivity contribution in [2.45, 2.75) is 58.0 Å². The summed E-state index contributed by atoms with van der Waals surface area (Å²) in [5.74, 6) is -0.0841. The average molecular weight is 300 g/mol. The zero-order chi connectivity index (χ0) is 15.7. The van der Waals surface area contributed by atoms with Gasteiger partial charge in [0.05, 0.1) is 13.2 Å². The van der Waals surface area contributed by atoms with Gasteiger partial charge in [0.15, 0.2) is 0 Å². The highest BCUT2D eigenvalue weighted by molar-refractivity contribution is 5.81. The lowest BCUT2D eigenvalue weighted by Crippen LogP contribution is -2.52. The summed E-state index contributed by atoms with van der Waals surface area (Å²) in [6.07, 6.45) is 3.73. The normalized spacial score (nSPS) is 25.5. The molecule has 0 bridgehead atoms. The van der Waals surface area contributed by atoms with Gasteiger partial charge in [-0.2, -0.15) is 0 Å². The van der Waals surface area contributed by atoms with Crippen LogP contribution in [0.1, 0.15) is 46.5 Å². The first-order valence-corrected chi connectivity index (χ1v) is 8.29. The van der Waals surface area contributed by atoms with Gasteiger partial charge in [0.2, 0.25) is 0 Å². The van der Waals surface area contributed by atoms with Gasteiger partial charge in [-0.25, -0.2) is 0 Å². The van der Waals surface area contributed by atoms with E-state index in [9.17, 15) is 4.79 Å². The van der Waals surface area contributed by atoms with Crippen molar-refractivity contribution in [2.24, 2.45) is 0 Å². The van der Waals surface area contributed by atoms with Crippen LogP contribution in [0.4, 0.5) is 0 Å². The van der Waals surface area contributed by atoms with Crippen molar-refractivity contribution >= 4 is 5.97 Å². The van der Waals surface area contributed by atoms with Crippen LogP contribution in [0.5, 0.6) is 0 Å². The maximum atomic E-state index is 12.4. The first kappa shape index (κ1) is 18.4. The van der Waals surface area contributed by atoms with Gasteiger partial charge in [0, 0.05) is 19.2 Å². The van der Waals surface area contributed by atoms with E-state index in [1.54, 1.807) is 0 Å². The number of nitrogens with zero attached hydrogens (tertiary/aromatic N) is 1. The Morgan fingerprint density at radius 2 is 2.10 bits per heavy atom. The standard InChI is InChI=1S/C16H32N2O3/c1-5-10-17-16(15(19)21-7-3)9-8-14(13-16)18(4)11-12-20-6-2/h14,17H,5-13H2,1-4H3. The van der Waals surface area contributed by atoms with E-state index in [0.29, 0.717) is 12.6 Å². The zero-order valence-corrected chi connectivity index (χ0v) is 14.1. The molecule has 1 aliphatic rings. The number of rotatable bonds is 10. The number of nitrogens with one attached hydrogen (secondary N) is 1. The Morgan fingerprint density at radius 1 is 1.33 bits per heavy atom. The monoisotopic (exact) mass is 300 g/mol. The highest BCUT2D eigenvalue weighted by Crippen LogP contribution is 2.34. The Hall–Kier alpha value is -0.650. The molecule has 0 aromatic heterocycles. The molecule has 5 nitrogen and oxygen atoms in total. The molecule has 1 rings (SSSR count). The molecule has 0 aliphatic heterocycles. The van der Waals surface area contributed by atoms with Crippen molar-refractivity contribution in [1.82, 2.24) is 10.2 Å². The minimum absolute atomic E-state index is 0.0841. The molecule has 0 spiro atoms. The third kappa shape index (κ3) is 5.24. The summed E-state index contributed by atoms with van der Waals surface area (Å²) in [5, 5.41) is 3.45. The molecule has 1 N–H and O–H groups in total. The topological polar surface area (TPSA) is 50.8 Å². The van der Waals surface area contributed by atoms with E-state index < -0.39 is 5.54 Å². The van der Waals surface area contributed by atoms with E-state index in [4.69, 9.17) is 9.47 Å². The molecule has 1 saturated carbocycles. The number of hydrogen-bond acceptors (Lipinski definition) is 5. The predicted octanol–water partition coefficient (Wildman–Crippen LogP) is 1.81. The molecular formula is C16H32N2O3. The quantitative estimate of drug-likeness (QED) is 0.492. The molecule has 2 unspecified atom stereocenters. The lowest BCUT2D eigenvalue weighted by molar-refractivity contribution is -0.151. The fourth-order valence-electron chi connectivity index (χ4n) is 2.98. The molecule has 1 aliphatic carbocycles. The Balaban J connectivity index is 2.60. The van der Waals surface area contributed by atoms with Gasteiger partial charge in [-0.1, -0.05) is 6.92 Å². The third-order valence-electron chi connectivity index (χ3n) is 4.28. The Morgan fingerprint density at radius 3 is 2.71 bits per heavy atom. The van der Waals surface area contributed by atoms with Crippen molar-refractivity contribution in [3.8, 4) is 0 Å². The molecular weight excluding hydrogens is 268 g/mol. The maximum Gasteiger partial charge on any atom is 0.326 e. The summed E-state index contributed by atoms with van der Waals surface area (Å²) in [6, 6.07) is 0.416. The number of esters is 1. The van der Waals surface area contributed by atoms with E-state index in [1.807, 2.05) is 13.8 Å². The van der Waals surface area contributed by atoms with Crippen molar-refractivity contribution < 1.29 is 14.3 Å². The Bertz CT molecular complexity index is 312. The van der Waals surface area contributed by atoms with Crippen molar-refractivity contribution in [3.63, 3.8) is 0 Å². The summed E-state index contributed by atoms with van der Waals surface area (Å²) < 4.78 is 10.7. The van der Waals surface area contributed by atoms with E-state index in [1.165, 1.54) is 0 Å². The van der Waals surface area contributed by atoms with Crippen molar-refractivity contribution in [3.05, 3.63) is 0 Å². The van der Waals surface area contributed by atoms with E-state index in [0.717, 1.165) is 52.0 Å². The van der Waals surface area contributed by atoms with Gasteiger partial charge < -0.3 is 19.7 Å². The second-order valence-corrected chi connectivity index (χ2v) is 5.80. The van der Waals surface area contributed by atoms with E-state index >= 15 is 0 Å². The second-order valence-electron chi connectivity index (χ2n) is 5.80. The van der Waals surface area contributed by atoms with Gasteiger partial charge in [-0.05, 0) is 53.1 Å².